The molecule has 236 valence electrons. The molecule has 5 rings (SSSR count). The summed E-state index contributed by atoms with van der Waals surface area (Å²) in [5, 5.41) is 14.6. The van der Waals surface area contributed by atoms with Gasteiger partial charge in [-0.2, -0.15) is 5.26 Å². The zero-order chi connectivity index (χ0) is 32.4. The van der Waals surface area contributed by atoms with Crippen molar-refractivity contribution in [2.75, 3.05) is 31.7 Å². The number of hydrogen-bond donors (Lipinski definition) is 2. The van der Waals surface area contributed by atoms with Crippen LogP contribution in [0.2, 0.25) is 25.7 Å². The Labute approximate surface area is 259 Å². The SMILES string of the molecule is CC1(CNC(=O)Nc2cc(F)c(Oc3ccnc4c3c(-c3ccc(C#N)cc3F)cn4COCC[Si](C)(C)C)c(F)c2)COC1. The number of nitrogens with zero attached hydrogens (tertiary/aromatic N) is 3. The first kappa shape index (κ1) is 32.0. The molecule has 1 saturated heterocycles. The molecule has 1 aliphatic rings. The smallest absolute Gasteiger partial charge is 0.319 e. The normalized spacial score (nSPS) is 14.1. The van der Waals surface area contributed by atoms with E-state index in [0.717, 1.165) is 24.2 Å². The molecule has 0 atom stereocenters. The Morgan fingerprint density at radius 3 is 2.47 bits per heavy atom. The van der Waals surface area contributed by atoms with Crippen molar-refractivity contribution in [2.45, 2.75) is 39.3 Å². The zero-order valence-electron chi connectivity index (χ0n) is 25.5. The fourth-order valence-corrected chi connectivity index (χ4v) is 5.54. The summed E-state index contributed by atoms with van der Waals surface area (Å²) in [7, 11) is -1.35. The number of hydrogen-bond acceptors (Lipinski definition) is 6. The van der Waals surface area contributed by atoms with Crippen molar-refractivity contribution in [2.24, 2.45) is 5.41 Å². The summed E-state index contributed by atoms with van der Waals surface area (Å²) in [6.45, 7) is 10.7. The minimum absolute atomic E-state index is 0.0202. The second-order valence-corrected chi connectivity index (χ2v) is 18.3. The molecule has 4 aromatic rings. The van der Waals surface area contributed by atoms with Gasteiger partial charge in [-0.05, 0) is 24.2 Å². The number of pyridine rings is 1. The standard InChI is InChI=1S/C32H34F3N5O4Si/c1-32(17-43-18-32)16-38-31(41)39-21-12-25(34)29(26(35)13-21)44-27-7-8-37-30-28(27)23(22-6-5-20(14-36)11-24(22)33)15-40(30)19-42-9-10-45(2,3)4/h5-8,11-13,15H,9-10,16-19H2,1-4H3,(H2,38,39,41). The number of halogens is 3. The van der Waals surface area contributed by atoms with E-state index in [9.17, 15) is 10.1 Å². The molecule has 0 radical (unpaired) electrons. The lowest BCUT2D eigenvalue weighted by Gasteiger charge is -2.37. The van der Waals surface area contributed by atoms with E-state index in [0.29, 0.717) is 43.0 Å². The van der Waals surface area contributed by atoms with Crippen LogP contribution in [0.5, 0.6) is 11.5 Å². The molecular formula is C32H34F3N5O4Si. The maximum absolute atomic E-state index is 15.3. The molecule has 2 N–H and O–H groups in total. The van der Waals surface area contributed by atoms with Crippen LogP contribution < -0.4 is 15.4 Å². The van der Waals surface area contributed by atoms with Gasteiger partial charge in [-0.3, -0.25) is 0 Å². The average molecular weight is 638 g/mol. The third-order valence-electron chi connectivity index (χ3n) is 7.38. The molecule has 45 heavy (non-hydrogen) atoms. The number of fused-ring (bicyclic) bond motifs is 1. The number of ether oxygens (including phenoxy) is 3. The van der Waals surface area contributed by atoms with Crippen molar-refractivity contribution in [3.63, 3.8) is 0 Å². The van der Waals surface area contributed by atoms with Crippen molar-refractivity contribution in [1.29, 1.82) is 5.26 Å². The summed E-state index contributed by atoms with van der Waals surface area (Å²) < 4.78 is 64.4. The third kappa shape index (κ3) is 7.47. The Bertz CT molecular complexity index is 1760. The van der Waals surface area contributed by atoms with Crippen LogP contribution in [-0.2, 0) is 16.2 Å². The lowest BCUT2D eigenvalue weighted by Crippen LogP contribution is -2.49. The van der Waals surface area contributed by atoms with Gasteiger partial charge in [0.2, 0.25) is 0 Å². The third-order valence-corrected chi connectivity index (χ3v) is 9.08. The molecule has 0 saturated carbocycles. The van der Waals surface area contributed by atoms with Crippen molar-refractivity contribution < 1.29 is 32.2 Å². The van der Waals surface area contributed by atoms with E-state index in [1.54, 1.807) is 10.8 Å². The Morgan fingerprint density at radius 2 is 1.84 bits per heavy atom. The number of anilines is 1. The summed E-state index contributed by atoms with van der Waals surface area (Å²) in [5.41, 5.74) is 0.686. The number of rotatable bonds is 11. The van der Waals surface area contributed by atoms with Gasteiger partial charge in [-0.25, -0.2) is 22.9 Å². The Morgan fingerprint density at radius 1 is 1.11 bits per heavy atom. The Hall–Kier alpha value is -4.38. The molecule has 9 nitrogen and oxygen atoms in total. The monoisotopic (exact) mass is 637 g/mol. The van der Waals surface area contributed by atoms with Gasteiger partial charge >= 0.3 is 6.03 Å². The van der Waals surface area contributed by atoms with Crippen LogP contribution in [0.4, 0.5) is 23.7 Å². The first-order chi connectivity index (χ1) is 21.4. The largest absolute Gasteiger partial charge is 0.450 e. The van der Waals surface area contributed by atoms with E-state index in [2.05, 4.69) is 35.3 Å². The molecule has 3 heterocycles. The molecule has 0 bridgehead atoms. The van der Waals surface area contributed by atoms with Crippen LogP contribution in [-0.4, -0.2) is 50.0 Å². The fraction of sp³-hybridized carbons (Fsp3) is 0.344. The fourth-order valence-electron chi connectivity index (χ4n) is 4.78. The number of aromatic nitrogens is 2. The van der Waals surface area contributed by atoms with Crippen molar-refractivity contribution in [3.8, 4) is 28.7 Å². The lowest BCUT2D eigenvalue weighted by molar-refractivity contribution is -0.0974. The second-order valence-electron chi connectivity index (χ2n) is 12.7. The van der Waals surface area contributed by atoms with Gasteiger partial charge in [0.25, 0.3) is 0 Å². The Kier molecular flexibility index (Phi) is 9.20. The van der Waals surface area contributed by atoms with Gasteiger partial charge in [0.15, 0.2) is 17.4 Å². The molecule has 2 aromatic carbocycles. The van der Waals surface area contributed by atoms with Crippen LogP contribution in [0.15, 0.2) is 48.8 Å². The minimum Gasteiger partial charge on any atom is -0.450 e. The topological polar surface area (TPSA) is 110 Å². The highest BCUT2D eigenvalue weighted by atomic mass is 28.3. The number of nitriles is 1. The quantitative estimate of drug-likeness (QED) is 0.132. The number of benzene rings is 2. The second kappa shape index (κ2) is 12.9. The van der Waals surface area contributed by atoms with Crippen LogP contribution in [0, 0.1) is 34.2 Å². The number of urea groups is 1. The van der Waals surface area contributed by atoms with Crippen LogP contribution in [0.25, 0.3) is 22.2 Å². The molecule has 0 unspecified atom stereocenters. The van der Waals surface area contributed by atoms with Crippen LogP contribution in [0.1, 0.15) is 12.5 Å². The van der Waals surface area contributed by atoms with Gasteiger partial charge in [0.1, 0.15) is 23.9 Å². The molecule has 0 spiro atoms. The van der Waals surface area contributed by atoms with E-state index in [4.69, 9.17) is 14.2 Å². The minimum atomic E-state index is -1.35. The van der Waals surface area contributed by atoms with E-state index in [1.807, 2.05) is 13.0 Å². The van der Waals surface area contributed by atoms with Gasteiger partial charge in [0, 0.05) is 68.0 Å². The van der Waals surface area contributed by atoms with Gasteiger partial charge < -0.3 is 29.4 Å². The maximum atomic E-state index is 15.3. The number of nitrogens with one attached hydrogen (secondary N) is 2. The summed E-state index contributed by atoms with van der Waals surface area (Å²) in [6, 6.07) is 9.60. The first-order valence-corrected chi connectivity index (χ1v) is 18.1. The van der Waals surface area contributed by atoms with E-state index >= 15 is 13.2 Å². The van der Waals surface area contributed by atoms with Crippen molar-refractivity contribution in [3.05, 3.63) is 71.8 Å². The van der Waals surface area contributed by atoms with Crippen molar-refractivity contribution >= 4 is 30.8 Å². The summed E-state index contributed by atoms with van der Waals surface area (Å²) >= 11 is 0. The van der Waals surface area contributed by atoms with Crippen LogP contribution >= 0.6 is 0 Å². The number of carbonyl (C=O) groups is 1. The van der Waals surface area contributed by atoms with Gasteiger partial charge in [-0.1, -0.05) is 32.6 Å². The van der Waals surface area contributed by atoms with E-state index < -0.39 is 37.3 Å². The Balaban J connectivity index is 1.45. The van der Waals surface area contributed by atoms with Crippen molar-refractivity contribution in [1.82, 2.24) is 14.9 Å². The summed E-state index contributed by atoms with van der Waals surface area (Å²) in [5.74, 6) is -3.47. The highest BCUT2D eigenvalue weighted by Gasteiger charge is 2.33. The van der Waals surface area contributed by atoms with Crippen LogP contribution in [0.3, 0.4) is 0 Å². The highest BCUT2D eigenvalue weighted by Crippen LogP contribution is 2.40. The highest BCUT2D eigenvalue weighted by molar-refractivity contribution is 6.76. The molecule has 2 amide bonds. The first-order valence-electron chi connectivity index (χ1n) is 14.4. The average Bonchev–Trinajstić information content (AvgIpc) is 3.33. The molecule has 13 heteroatoms. The maximum Gasteiger partial charge on any atom is 0.319 e. The molecule has 1 aliphatic heterocycles. The molecule has 0 aliphatic carbocycles. The molecule has 1 fully saturated rings. The predicted octanol–water partition coefficient (Wildman–Crippen LogP) is 7.25. The van der Waals surface area contributed by atoms with E-state index in [1.165, 1.54) is 24.4 Å². The lowest BCUT2D eigenvalue weighted by atomic mass is 9.89. The summed E-state index contributed by atoms with van der Waals surface area (Å²) in [4.78, 5) is 16.8. The predicted molar refractivity (Wildman–Crippen MR) is 166 cm³/mol. The number of carbonyl (C=O) groups excluding carboxylic acids is 1. The van der Waals surface area contributed by atoms with E-state index in [-0.39, 0.29) is 34.7 Å². The molecular weight excluding hydrogens is 603 g/mol. The van der Waals surface area contributed by atoms with Gasteiger partial charge in [-0.15, -0.1) is 0 Å². The molecule has 2 aromatic heterocycles. The summed E-state index contributed by atoms with van der Waals surface area (Å²) in [6.07, 6.45) is 3.05. The zero-order valence-corrected chi connectivity index (χ0v) is 26.5. The number of amides is 2. The van der Waals surface area contributed by atoms with Gasteiger partial charge in [0.05, 0.1) is 30.2 Å².